The van der Waals surface area contributed by atoms with Gasteiger partial charge in [-0.05, 0) is 43.3 Å². The standard InChI is InChI=1S/C21H16ClNO4/c1-13-18(23-20(27-13)14-5-3-2-4-6-14)12-26-21(24)16-9-15-10-17(22)7-8-19(15)25-11-16/h2-10H,11-12H2,1H3. The first-order valence-corrected chi connectivity index (χ1v) is 8.80. The molecule has 1 aromatic heterocycles. The van der Waals surface area contributed by atoms with Crippen molar-refractivity contribution in [2.45, 2.75) is 13.5 Å². The van der Waals surface area contributed by atoms with Gasteiger partial charge in [-0.1, -0.05) is 29.8 Å². The minimum Gasteiger partial charge on any atom is -0.488 e. The second-order valence-electron chi connectivity index (χ2n) is 6.10. The molecule has 0 bridgehead atoms. The molecule has 6 heteroatoms. The van der Waals surface area contributed by atoms with E-state index in [4.69, 9.17) is 25.5 Å². The zero-order valence-electron chi connectivity index (χ0n) is 14.6. The molecule has 2 heterocycles. The maximum Gasteiger partial charge on any atom is 0.337 e. The van der Waals surface area contributed by atoms with E-state index in [9.17, 15) is 4.79 Å². The lowest BCUT2D eigenvalue weighted by atomic mass is 10.1. The molecule has 3 aromatic rings. The van der Waals surface area contributed by atoms with Crippen LogP contribution in [0.25, 0.3) is 17.5 Å². The fourth-order valence-electron chi connectivity index (χ4n) is 2.76. The third-order valence-corrected chi connectivity index (χ3v) is 4.44. The second-order valence-corrected chi connectivity index (χ2v) is 6.54. The number of aromatic nitrogens is 1. The van der Waals surface area contributed by atoms with Crippen LogP contribution in [0, 0.1) is 6.92 Å². The molecule has 0 N–H and O–H groups in total. The Morgan fingerprint density at radius 3 is 2.85 bits per heavy atom. The number of hydrogen-bond acceptors (Lipinski definition) is 5. The van der Waals surface area contributed by atoms with Crippen molar-refractivity contribution in [2.75, 3.05) is 6.61 Å². The molecule has 1 aliphatic heterocycles. The van der Waals surface area contributed by atoms with Gasteiger partial charge in [-0.2, -0.15) is 0 Å². The smallest absolute Gasteiger partial charge is 0.337 e. The lowest BCUT2D eigenvalue weighted by molar-refractivity contribution is -0.140. The summed E-state index contributed by atoms with van der Waals surface area (Å²) < 4.78 is 16.7. The van der Waals surface area contributed by atoms with Gasteiger partial charge in [-0.25, -0.2) is 9.78 Å². The third kappa shape index (κ3) is 3.73. The molecular formula is C21H16ClNO4. The number of benzene rings is 2. The molecule has 0 spiro atoms. The highest BCUT2D eigenvalue weighted by molar-refractivity contribution is 6.30. The minimum atomic E-state index is -0.454. The van der Waals surface area contributed by atoms with E-state index in [1.807, 2.05) is 30.3 Å². The number of hydrogen-bond donors (Lipinski definition) is 0. The topological polar surface area (TPSA) is 61.6 Å². The molecular weight excluding hydrogens is 366 g/mol. The van der Waals surface area contributed by atoms with Crippen LogP contribution >= 0.6 is 11.6 Å². The van der Waals surface area contributed by atoms with Gasteiger partial charge in [-0.15, -0.1) is 0 Å². The average Bonchev–Trinajstić information content (AvgIpc) is 3.07. The average molecular weight is 382 g/mol. The monoisotopic (exact) mass is 381 g/mol. The first kappa shape index (κ1) is 17.4. The third-order valence-electron chi connectivity index (χ3n) is 4.20. The molecule has 2 aromatic carbocycles. The Hall–Kier alpha value is -3.05. The zero-order valence-corrected chi connectivity index (χ0v) is 15.3. The molecule has 0 radical (unpaired) electrons. The Bertz CT molecular complexity index is 1020. The normalized spacial score (nSPS) is 12.7. The van der Waals surface area contributed by atoms with E-state index in [-0.39, 0.29) is 13.2 Å². The van der Waals surface area contributed by atoms with Crippen molar-refractivity contribution in [3.05, 3.63) is 76.1 Å². The predicted molar refractivity (Wildman–Crippen MR) is 101 cm³/mol. The van der Waals surface area contributed by atoms with Crippen molar-refractivity contribution in [3.63, 3.8) is 0 Å². The van der Waals surface area contributed by atoms with Crippen LogP contribution < -0.4 is 4.74 Å². The maximum absolute atomic E-state index is 12.4. The Labute approximate surface area is 161 Å². The fourth-order valence-corrected chi connectivity index (χ4v) is 2.94. The van der Waals surface area contributed by atoms with Crippen LogP contribution in [0.2, 0.25) is 5.02 Å². The van der Waals surface area contributed by atoms with Gasteiger partial charge in [-0.3, -0.25) is 0 Å². The summed E-state index contributed by atoms with van der Waals surface area (Å²) in [6.07, 6.45) is 1.73. The summed E-state index contributed by atoms with van der Waals surface area (Å²) in [6, 6.07) is 14.8. The number of nitrogens with zero attached hydrogens (tertiary/aromatic N) is 1. The molecule has 0 unspecified atom stereocenters. The quantitative estimate of drug-likeness (QED) is 0.606. The summed E-state index contributed by atoms with van der Waals surface area (Å²) in [7, 11) is 0. The molecule has 5 nitrogen and oxygen atoms in total. The van der Waals surface area contributed by atoms with Crippen LogP contribution in [0.15, 0.2) is 58.5 Å². The number of rotatable bonds is 4. The molecule has 0 saturated heterocycles. The number of carbonyl (C=O) groups is 1. The number of ether oxygens (including phenoxy) is 2. The summed E-state index contributed by atoms with van der Waals surface area (Å²) in [5.41, 5.74) is 2.64. The van der Waals surface area contributed by atoms with E-state index >= 15 is 0 Å². The first-order valence-electron chi connectivity index (χ1n) is 8.42. The van der Waals surface area contributed by atoms with E-state index in [2.05, 4.69) is 4.98 Å². The van der Waals surface area contributed by atoms with Gasteiger partial charge in [0.2, 0.25) is 5.89 Å². The van der Waals surface area contributed by atoms with Crippen molar-refractivity contribution >= 4 is 23.6 Å². The SMILES string of the molecule is Cc1oc(-c2ccccc2)nc1COC(=O)C1=Cc2cc(Cl)ccc2OC1. The van der Waals surface area contributed by atoms with Crippen LogP contribution in [0.4, 0.5) is 0 Å². The van der Waals surface area contributed by atoms with Crippen molar-refractivity contribution in [1.82, 2.24) is 4.98 Å². The van der Waals surface area contributed by atoms with Crippen molar-refractivity contribution in [2.24, 2.45) is 0 Å². The van der Waals surface area contributed by atoms with E-state index in [0.717, 1.165) is 11.1 Å². The number of aryl methyl sites for hydroxylation is 1. The number of fused-ring (bicyclic) bond motifs is 1. The largest absolute Gasteiger partial charge is 0.488 e. The van der Waals surface area contributed by atoms with Gasteiger partial charge in [0.15, 0.2) is 0 Å². The van der Waals surface area contributed by atoms with E-state index in [0.29, 0.717) is 33.7 Å². The van der Waals surface area contributed by atoms with Gasteiger partial charge in [0.25, 0.3) is 0 Å². The summed E-state index contributed by atoms with van der Waals surface area (Å²) in [5.74, 6) is 1.36. The van der Waals surface area contributed by atoms with E-state index in [1.54, 1.807) is 31.2 Å². The lowest BCUT2D eigenvalue weighted by Crippen LogP contribution is -2.17. The fraction of sp³-hybridized carbons (Fsp3) is 0.143. The van der Waals surface area contributed by atoms with Crippen molar-refractivity contribution in [3.8, 4) is 17.2 Å². The molecule has 0 atom stereocenters. The van der Waals surface area contributed by atoms with Gasteiger partial charge >= 0.3 is 5.97 Å². The Morgan fingerprint density at radius 2 is 2.04 bits per heavy atom. The molecule has 0 fully saturated rings. The number of halogens is 1. The summed E-state index contributed by atoms with van der Waals surface area (Å²) in [4.78, 5) is 16.8. The van der Waals surface area contributed by atoms with Crippen LogP contribution in [0.1, 0.15) is 17.0 Å². The maximum atomic E-state index is 12.4. The Morgan fingerprint density at radius 1 is 1.22 bits per heavy atom. The van der Waals surface area contributed by atoms with Gasteiger partial charge in [0, 0.05) is 16.1 Å². The summed E-state index contributed by atoms with van der Waals surface area (Å²) >= 11 is 6.00. The molecule has 4 rings (SSSR count). The Balaban J connectivity index is 1.46. The lowest BCUT2D eigenvalue weighted by Gasteiger charge is -2.17. The highest BCUT2D eigenvalue weighted by atomic mass is 35.5. The van der Waals surface area contributed by atoms with E-state index < -0.39 is 5.97 Å². The van der Waals surface area contributed by atoms with Gasteiger partial charge in [0.05, 0.1) is 5.57 Å². The highest BCUT2D eigenvalue weighted by Gasteiger charge is 2.20. The second kappa shape index (κ2) is 7.29. The zero-order chi connectivity index (χ0) is 18.8. The Kier molecular flexibility index (Phi) is 4.69. The van der Waals surface area contributed by atoms with Crippen LogP contribution in [0.3, 0.4) is 0 Å². The van der Waals surface area contributed by atoms with E-state index in [1.165, 1.54) is 0 Å². The molecule has 0 amide bonds. The van der Waals surface area contributed by atoms with Gasteiger partial charge in [0.1, 0.15) is 30.4 Å². The van der Waals surface area contributed by atoms with Crippen molar-refractivity contribution < 1.29 is 18.7 Å². The van der Waals surface area contributed by atoms with Crippen LogP contribution in [-0.2, 0) is 16.1 Å². The van der Waals surface area contributed by atoms with Crippen LogP contribution in [-0.4, -0.2) is 17.6 Å². The number of oxazole rings is 1. The molecule has 0 saturated carbocycles. The van der Waals surface area contributed by atoms with Crippen molar-refractivity contribution in [1.29, 1.82) is 0 Å². The number of carbonyl (C=O) groups excluding carboxylic acids is 1. The van der Waals surface area contributed by atoms with Gasteiger partial charge < -0.3 is 13.9 Å². The highest BCUT2D eigenvalue weighted by Crippen LogP contribution is 2.29. The molecule has 0 aliphatic carbocycles. The molecule has 1 aliphatic rings. The molecule has 136 valence electrons. The summed E-state index contributed by atoms with van der Waals surface area (Å²) in [5, 5.41) is 0.579. The van der Waals surface area contributed by atoms with Crippen LogP contribution in [0.5, 0.6) is 5.75 Å². The predicted octanol–water partition coefficient (Wildman–Crippen LogP) is 4.82. The number of esters is 1. The first-order chi connectivity index (χ1) is 13.1. The molecule has 27 heavy (non-hydrogen) atoms. The minimum absolute atomic E-state index is 0.0285. The summed E-state index contributed by atoms with van der Waals surface area (Å²) in [6.45, 7) is 1.98.